The Morgan fingerprint density at radius 1 is 1.23 bits per heavy atom. The molecule has 0 unspecified atom stereocenters. The zero-order chi connectivity index (χ0) is 22.1. The molecule has 0 aromatic heterocycles. The zero-order valence-electron chi connectivity index (χ0n) is 16.9. The first-order valence-corrected chi connectivity index (χ1v) is 11.3. The Bertz CT molecular complexity index is 1100. The SMILES string of the molecule is COc1cccc(CCNC(=O)c2ccc(Cl)c(N3C(=O)C(C)(C)CS3(=O)=O)c2)c1. The maximum atomic E-state index is 12.6. The summed E-state index contributed by atoms with van der Waals surface area (Å²) < 4.78 is 31.0. The molecule has 160 valence electrons. The van der Waals surface area contributed by atoms with E-state index in [1.165, 1.54) is 18.2 Å². The van der Waals surface area contributed by atoms with Crippen molar-refractivity contribution in [2.24, 2.45) is 5.41 Å². The number of rotatable bonds is 6. The van der Waals surface area contributed by atoms with Crippen LogP contribution in [0.15, 0.2) is 42.5 Å². The van der Waals surface area contributed by atoms with E-state index in [-0.39, 0.29) is 27.9 Å². The lowest BCUT2D eigenvalue weighted by molar-refractivity contribution is -0.123. The van der Waals surface area contributed by atoms with Crippen molar-refractivity contribution in [3.63, 3.8) is 0 Å². The number of nitrogens with one attached hydrogen (secondary N) is 1. The van der Waals surface area contributed by atoms with Crippen LogP contribution < -0.4 is 14.4 Å². The number of nitrogens with zero attached hydrogens (tertiary/aromatic N) is 1. The molecule has 30 heavy (non-hydrogen) atoms. The van der Waals surface area contributed by atoms with Crippen molar-refractivity contribution in [1.29, 1.82) is 0 Å². The molecule has 1 N–H and O–H groups in total. The first-order valence-electron chi connectivity index (χ1n) is 9.33. The zero-order valence-corrected chi connectivity index (χ0v) is 18.5. The van der Waals surface area contributed by atoms with Gasteiger partial charge in [0.15, 0.2) is 0 Å². The Labute approximate surface area is 181 Å². The molecule has 0 atom stereocenters. The molecule has 1 fully saturated rings. The summed E-state index contributed by atoms with van der Waals surface area (Å²) in [6.45, 7) is 3.50. The molecule has 0 saturated carbocycles. The van der Waals surface area contributed by atoms with Crippen LogP contribution in [0, 0.1) is 5.41 Å². The molecular weight excluding hydrogens is 428 g/mol. The monoisotopic (exact) mass is 450 g/mol. The van der Waals surface area contributed by atoms with Crippen molar-refractivity contribution < 1.29 is 22.7 Å². The molecule has 0 aliphatic carbocycles. The van der Waals surface area contributed by atoms with Crippen LogP contribution >= 0.6 is 11.6 Å². The summed E-state index contributed by atoms with van der Waals surface area (Å²) in [6.07, 6.45) is 0.594. The fourth-order valence-corrected chi connectivity index (χ4v) is 5.67. The fourth-order valence-electron chi connectivity index (χ4n) is 3.30. The van der Waals surface area contributed by atoms with Crippen LogP contribution in [-0.2, 0) is 21.2 Å². The highest BCUT2D eigenvalue weighted by molar-refractivity contribution is 7.94. The molecule has 1 aliphatic heterocycles. The van der Waals surface area contributed by atoms with Crippen molar-refractivity contribution in [1.82, 2.24) is 5.32 Å². The van der Waals surface area contributed by atoms with Gasteiger partial charge < -0.3 is 10.1 Å². The number of ether oxygens (including phenoxy) is 1. The largest absolute Gasteiger partial charge is 0.497 e. The van der Waals surface area contributed by atoms with Crippen molar-refractivity contribution in [3.8, 4) is 5.75 Å². The highest BCUT2D eigenvalue weighted by Crippen LogP contribution is 2.39. The van der Waals surface area contributed by atoms with E-state index in [0.29, 0.717) is 17.3 Å². The summed E-state index contributed by atoms with van der Waals surface area (Å²) in [5, 5.41) is 2.88. The number of carbonyl (C=O) groups is 2. The average Bonchev–Trinajstić information content (AvgIpc) is 2.85. The van der Waals surface area contributed by atoms with Gasteiger partial charge in [-0.2, -0.15) is 0 Å². The van der Waals surface area contributed by atoms with E-state index in [9.17, 15) is 18.0 Å². The van der Waals surface area contributed by atoms with E-state index in [1.54, 1.807) is 21.0 Å². The van der Waals surface area contributed by atoms with Gasteiger partial charge in [0.25, 0.3) is 5.91 Å². The highest BCUT2D eigenvalue weighted by atomic mass is 35.5. The topological polar surface area (TPSA) is 92.8 Å². The second-order valence-electron chi connectivity index (χ2n) is 7.73. The number of benzene rings is 2. The number of anilines is 1. The van der Waals surface area contributed by atoms with Gasteiger partial charge in [-0.25, -0.2) is 12.7 Å². The predicted molar refractivity (Wildman–Crippen MR) is 116 cm³/mol. The lowest BCUT2D eigenvalue weighted by atomic mass is 9.95. The average molecular weight is 451 g/mol. The molecule has 2 amide bonds. The van der Waals surface area contributed by atoms with Crippen LogP contribution in [0.3, 0.4) is 0 Å². The minimum absolute atomic E-state index is 0.00677. The number of sulfonamides is 1. The van der Waals surface area contributed by atoms with Crippen LogP contribution in [0.25, 0.3) is 0 Å². The first-order chi connectivity index (χ1) is 14.0. The lowest BCUT2D eigenvalue weighted by Crippen LogP contribution is -2.33. The molecule has 7 nitrogen and oxygen atoms in total. The van der Waals surface area contributed by atoms with Gasteiger partial charge in [-0.3, -0.25) is 9.59 Å². The molecule has 0 radical (unpaired) electrons. The Morgan fingerprint density at radius 3 is 2.60 bits per heavy atom. The van der Waals surface area contributed by atoms with Gasteiger partial charge in [-0.15, -0.1) is 0 Å². The number of halogens is 1. The molecule has 3 rings (SSSR count). The van der Waals surface area contributed by atoms with E-state index < -0.39 is 21.3 Å². The van der Waals surface area contributed by atoms with E-state index in [4.69, 9.17) is 16.3 Å². The third kappa shape index (κ3) is 4.44. The summed E-state index contributed by atoms with van der Waals surface area (Å²) in [7, 11) is -2.28. The van der Waals surface area contributed by atoms with Crippen LogP contribution in [0.1, 0.15) is 29.8 Å². The molecule has 2 aromatic carbocycles. The fraction of sp³-hybridized carbons (Fsp3) is 0.333. The van der Waals surface area contributed by atoms with Crippen molar-refractivity contribution in [2.45, 2.75) is 20.3 Å². The maximum Gasteiger partial charge on any atom is 0.251 e. The Morgan fingerprint density at radius 2 is 1.97 bits per heavy atom. The molecule has 9 heteroatoms. The van der Waals surface area contributed by atoms with Gasteiger partial charge in [0.05, 0.1) is 29.0 Å². The maximum absolute atomic E-state index is 12.6. The van der Waals surface area contributed by atoms with Gasteiger partial charge in [0, 0.05) is 12.1 Å². The van der Waals surface area contributed by atoms with Crippen LogP contribution in [-0.4, -0.2) is 39.6 Å². The number of methoxy groups -OCH3 is 1. The smallest absolute Gasteiger partial charge is 0.251 e. The molecule has 1 heterocycles. The number of carbonyl (C=O) groups excluding carboxylic acids is 2. The Hall–Kier alpha value is -2.58. The van der Waals surface area contributed by atoms with E-state index in [1.807, 2.05) is 24.3 Å². The van der Waals surface area contributed by atoms with Crippen LogP contribution in [0.5, 0.6) is 5.75 Å². The Kier molecular flexibility index (Phi) is 6.10. The van der Waals surface area contributed by atoms with Crippen LogP contribution in [0.4, 0.5) is 5.69 Å². The minimum Gasteiger partial charge on any atom is -0.497 e. The second kappa shape index (κ2) is 8.28. The molecular formula is C21H23ClN2O5S. The molecule has 2 aromatic rings. The van der Waals surface area contributed by atoms with Crippen molar-refractivity contribution >= 4 is 39.1 Å². The van der Waals surface area contributed by atoms with Gasteiger partial charge >= 0.3 is 0 Å². The molecule has 0 bridgehead atoms. The quantitative estimate of drug-likeness (QED) is 0.730. The minimum atomic E-state index is -3.87. The van der Waals surface area contributed by atoms with Gasteiger partial charge in [0.2, 0.25) is 15.9 Å². The number of hydrogen-bond acceptors (Lipinski definition) is 5. The molecule has 1 aliphatic rings. The number of hydrogen-bond donors (Lipinski definition) is 1. The van der Waals surface area contributed by atoms with Gasteiger partial charge in [-0.1, -0.05) is 23.7 Å². The lowest BCUT2D eigenvalue weighted by Gasteiger charge is -2.19. The predicted octanol–water partition coefficient (Wildman–Crippen LogP) is 3.02. The summed E-state index contributed by atoms with van der Waals surface area (Å²) >= 11 is 6.18. The van der Waals surface area contributed by atoms with E-state index in [0.717, 1.165) is 11.3 Å². The summed E-state index contributed by atoms with van der Waals surface area (Å²) in [5.74, 6) is -0.536. The van der Waals surface area contributed by atoms with Gasteiger partial charge in [0.1, 0.15) is 5.75 Å². The number of amides is 2. The highest BCUT2D eigenvalue weighted by Gasteiger charge is 2.50. The summed E-state index contributed by atoms with van der Waals surface area (Å²) in [6, 6.07) is 11.8. The third-order valence-corrected chi connectivity index (χ3v) is 7.17. The first kappa shape index (κ1) is 22.1. The third-order valence-electron chi connectivity index (χ3n) is 4.85. The molecule has 0 spiro atoms. The second-order valence-corrected chi connectivity index (χ2v) is 9.96. The summed E-state index contributed by atoms with van der Waals surface area (Å²) in [4.78, 5) is 25.2. The van der Waals surface area contributed by atoms with Crippen molar-refractivity contribution in [3.05, 3.63) is 58.6 Å². The standard InChI is InChI=1S/C21H23ClN2O5S/c1-21(2)13-30(27,28)24(20(21)26)18-12-15(7-8-17(18)22)19(25)23-10-9-14-5-4-6-16(11-14)29-3/h4-8,11-12H,9-10,13H2,1-3H3,(H,23,25). The van der Waals surface area contributed by atoms with E-state index in [2.05, 4.69) is 5.32 Å². The van der Waals surface area contributed by atoms with Crippen LogP contribution in [0.2, 0.25) is 5.02 Å². The Balaban J connectivity index is 1.76. The molecule has 1 saturated heterocycles. The van der Waals surface area contributed by atoms with Crippen molar-refractivity contribution in [2.75, 3.05) is 23.7 Å². The van der Waals surface area contributed by atoms with E-state index >= 15 is 0 Å². The summed E-state index contributed by atoms with van der Waals surface area (Å²) in [5.41, 5.74) is 0.153. The normalized spacial score (nSPS) is 17.1. The van der Waals surface area contributed by atoms with Gasteiger partial charge in [-0.05, 0) is 56.2 Å².